The summed E-state index contributed by atoms with van der Waals surface area (Å²) in [6, 6.07) is 1.43. The van der Waals surface area contributed by atoms with E-state index < -0.39 is 28.3 Å². The van der Waals surface area contributed by atoms with Gasteiger partial charge in [0.1, 0.15) is 4.90 Å². The van der Waals surface area contributed by atoms with Crippen molar-refractivity contribution < 1.29 is 22.5 Å². The Morgan fingerprint density at radius 1 is 1.27 bits per heavy atom. The Bertz CT molecular complexity index is 659. The zero-order valence-electron chi connectivity index (χ0n) is 13.4. The Hall–Kier alpha value is -0.995. The van der Waals surface area contributed by atoms with Crippen LogP contribution < -0.4 is 10.6 Å². The van der Waals surface area contributed by atoms with Gasteiger partial charge in [-0.2, -0.15) is 0 Å². The Balaban J connectivity index is 2.43. The highest BCUT2D eigenvalue weighted by Gasteiger charge is 2.52. The molecule has 2 rings (SSSR count). The molecule has 2 N–H and O–H groups in total. The zero-order chi connectivity index (χ0) is 16.8. The summed E-state index contributed by atoms with van der Waals surface area (Å²) in [5.41, 5.74) is -0.289. The Morgan fingerprint density at radius 2 is 1.82 bits per heavy atom. The molecule has 7 nitrogen and oxygen atoms in total. The molecule has 0 spiro atoms. The first-order valence-corrected chi connectivity index (χ1v) is 8.39. The summed E-state index contributed by atoms with van der Waals surface area (Å²) in [5, 5.41) is 5.26. The third-order valence-corrected chi connectivity index (χ3v) is 5.03. The third-order valence-electron chi connectivity index (χ3n) is 4.06. The van der Waals surface area contributed by atoms with Crippen LogP contribution >= 0.6 is 0 Å². The number of nitrogens with two attached hydrogens (primary N) is 1. The van der Waals surface area contributed by atoms with Gasteiger partial charge in [-0.1, -0.05) is 0 Å². The van der Waals surface area contributed by atoms with E-state index >= 15 is 0 Å². The first-order valence-electron chi connectivity index (χ1n) is 6.84. The fourth-order valence-corrected chi connectivity index (χ4v) is 2.83. The monoisotopic (exact) mass is 328 g/mol. The molecule has 0 aromatic carbocycles. The smallest absolute Gasteiger partial charge is 0.399 e. The van der Waals surface area contributed by atoms with Crippen LogP contribution in [-0.4, -0.2) is 38.8 Å². The summed E-state index contributed by atoms with van der Waals surface area (Å²) >= 11 is 0. The molecule has 1 saturated heterocycles. The molecule has 1 fully saturated rings. The quantitative estimate of drug-likeness (QED) is 0.791. The molecule has 0 amide bonds. The second kappa shape index (κ2) is 5.57. The minimum Gasteiger partial charge on any atom is -0.399 e. The number of primary sulfonamides is 1. The molecule has 0 atom stereocenters. The number of aromatic nitrogens is 1. The number of ether oxygens (including phenoxy) is 1. The molecule has 9 heteroatoms. The Morgan fingerprint density at radius 3 is 2.27 bits per heavy atom. The molecule has 1 aromatic heterocycles. The van der Waals surface area contributed by atoms with E-state index in [1.165, 1.54) is 19.4 Å². The van der Waals surface area contributed by atoms with Gasteiger partial charge in [0.2, 0.25) is 10.0 Å². The fraction of sp³-hybridized carbons (Fsp3) is 0.615. The zero-order valence-corrected chi connectivity index (χ0v) is 14.2. The minimum atomic E-state index is -3.92. The summed E-state index contributed by atoms with van der Waals surface area (Å²) in [6.07, 6.45) is 1.52. The molecule has 122 valence electrons. The lowest BCUT2D eigenvalue weighted by Gasteiger charge is -2.32. The van der Waals surface area contributed by atoms with Crippen LogP contribution in [0.15, 0.2) is 17.2 Å². The van der Waals surface area contributed by atoms with Gasteiger partial charge in [0, 0.05) is 18.8 Å². The molecule has 0 radical (unpaired) electrons. The topological polar surface area (TPSA) is 101 Å². The molecule has 22 heavy (non-hydrogen) atoms. The molecular formula is C13H21BN2O5S. The second-order valence-electron chi connectivity index (χ2n) is 6.28. The average molecular weight is 328 g/mol. The maximum atomic E-state index is 11.8. The number of sulfonamides is 1. The predicted molar refractivity (Wildman–Crippen MR) is 82.0 cm³/mol. The number of pyridine rings is 1. The third kappa shape index (κ3) is 3.18. The standard InChI is InChI=1S/C13H21BN2O5S/c1-12(2)13(3,4)21-14(20-12)9-6-11(22(15,17)18)10(8-19-5)16-7-9/h6-7H,8H2,1-5H3,(H2,15,17,18). The van der Waals surface area contributed by atoms with Gasteiger partial charge in [-0.05, 0) is 33.8 Å². The number of nitrogens with zero attached hydrogens (tertiary/aromatic N) is 1. The molecule has 0 saturated carbocycles. The normalized spacial score (nSPS) is 20.4. The summed E-state index contributed by atoms with van der Waals surface area (Å²) in [5.74, 6) is 0. The van der Waals surface area contributed by atoms with Crippen LogP contribution in [-0.2, 0) is 30.7 Å². The van der Waals surface area contributed by atoms with Crippen molar-refractivity contribution >= 4 is 22.6 Å². The lowest BCUT2D eigenvalue weighted by atomic mass is 9.80. The van der Waals surface area contributed by atoms with Crippen molar-refractivity contribution in [2.45, 2.75) is 50.4 Å². The second-order valence-corrected chi connectivity index (χ2v) is 7.81. The van der Waals surface area contributed by atoms with Crippen LogP contribution in [0.1, 0.15) is 33.4 Å². The summed E-state index contributed by atoms with van der Waals surface area (Å²) in [6.45, 7) is 7.72. The molecule has 1 aliphatic rings. The van der Waals surface area contributed by atoms with Gasteiger partial charge in [0.15, 0.2) is 0 Å². The maximum absolute atomic E-state index is 11.8. The number of methoxy groups -OCH3 is 1. The van der Waals surface area contributed by atoms with Crippen molar-refractivity contribution in [2.75, 3.05) is 7.11 Å². The van der Waals surface area contributed by atoms with Crippen molar-refractivity contribution in [1.29, 1.82) is 0 Å². The van der Waals surface area contributed by atoms with Crippen LogP contribution in [0.5, 0.6) is 0 Å². The van der Waals surface area contributed by atoms with Gasteiger partial charge < -0.3 is 14.0 Å². The van der Waals surface area contributed by atoms with E-state index in [1.54, 1.807) is 0 Å². The van der Waals surface area contributed by atoms with E-state index in [9.17, 15) is 8.42 Å². The van der Waals surface area contributed by atoms with Gasteiger partial charge in [-0.3, -0.25) is 4.98 Å². The lowest BCUT2D eigenvalue weighted by Crippen LogP contribution is -2.41. The van der Waals surface area contributed by atoms with Gasteiger partial charge in [-0.15, -0.1) is 0 Å². The van der Waals surface area contributed by atoms with Crippen molar-refractivity contribution in [3.63, 3.8) is 0 Å². The number of rotatable bonds is 4. The molecule has 1 aromatic rings. The molecular weight excluding hydrogens is 307 g/mol. The minimum absolute atomic E-state index is 0.0510. The first kappa shape index (κ1) is 17.4. The molecule has 0 bridgehead atoms. The van der Waals surface area contributed by atoms with E-state index in [1.807, 2.05) is 27.7 Å². The number of hydrogen-bond donors (Lipinski definition) is 1. The SMILES string of the molecule is COCc1ncc(B2OC(C)(C)C(C)(C)O2)cc1S(N)(=O)=O. The van der Waals surface area contributed by atoms with Crippen molar-refractivity contribution in [1.82, 2.24) is 4.98 Å². The highest BCUT2D eigenvalue weighted by atomic mass is 32.2. The summed E-state index contributed by atoms with van der Waals surface area (Å²) < 4.78 is 40.2. The molecule has 1 aliphatic heterocycles. The van der Waals surface area contributed by atoms with Gasteiger partial charge >= 0.3 is 7.12 Å². The van der Waals surface area contributed by atoms with E-state index in [-0.39, 0.29) is 17.2 Å². The van der Waals surface area contributed by atoms with Crippen LogP contribution in [0.25, 0.3) is 0 Å². The Kier molecular flexibility index (Phi) is 4.40. The lowest BCUT2D eigenvalue weighted by molar-refractivity contribution is 0.00578. The van der Waals surface area contributed by atoms with Crippen LogP contribution in [0, 0.1) is 0 Å². The van der Waals surface area contributed by atoms with Crippen molar-refractivity contribution in [3.8, 4) is 0 Å². The van der Waals surface area contributed by atoms with Crippen LogP contribution in [0.4, 0.5) is 0 Å². The van der Waals surface area contributed by atoms with Gasteiger partial charge in [0.25, 0.3) is 0 Å². The Labute approximate surface area is 131 Å². The largest absolute Gasteiger partial charge is 0.496 e. The highest BCUT2D eigenvalue weighted by Crippen LogP contribution is 2.36. The fourth-order valence-electron chi connectivity index (χ4n) is 2.09. The van der Waals surface area contributed by atoms with Crippen molar-refractivity contribution in [3.05, 3.63) is 18.0 Å². The summed E-state index contributed by atoms with van der Waals surface area (Å²) in [7, 11) is -3.16. The van der Waals surface area contributed by atoms with E-state index in [0.717, 1.165) is 0 Å². The van der Waals surface area contributed by atoms with E-state index in [0.29, 0.717) is 5.46 Å². The predicted octanol–water partition coefficient (Wildman–Crippen LogP) is 0.175. The highest BCUT2D eigenvalue weighted by molar-refractivity contribution is 7.89. The summed E-state index contributed by atoms with van der Waals surface area (Å²) in [4.78, 5) is 4.05. The van der Waals surface area contributed by atoms with Crippen molar-refractivity contribution in [2.24, 2.45) is 5.14 Å². The van der Waals surface area contributed by atoms with Gasteiger partial charge in [0.05, 0.1) is 23.5 Å². The maximum Gasteiger partial charge on any atom is 0.496 e. The molecule has 0 unspecified atom stereocenters. The van der Waals surface area contributed by atoms with Crippen LogP contribution in [0.3, 0.4) is 0 Å². The van der Waals surface area contributed by atoms with E-state index in [4.69, 9.17) is 19.2 Å². The molecule has 2 heterocycles. The van der Waals surface area contributed by atoms with E-state index in [2.05, 4.69) is 4.98 Å². The van der Waals surface area contributed by atoms with Gasteiger partial charge in [-0.25, -0.2) is 13.6 Å². The number of hydrogen-bond acceptors (Lipinski definition) is 6. The average Bonchev–Trinajstić information content (AvgIpc) is 2.58. The molecule has 0 aliphatic carbocycles. The first-order chi connectivity index (χ1) is 9.98. The van der Waals surface area contributed by atoms with Crippen LogP contribution in [0.2, 0.25) is 0 Å².